The summed E-state index contributed by atoms with van der Waals surface area (Å²) in [6.07, 6.45) is 3.09. The minimum Gasteiger partial charge on any atom is -0.497 e. The van der Waals surface area contributed by atoms with E-state index < -0.39 is 10.0 Å². The highest BCUT2D eigenvalue weighted by Crippen LogP contribution is 2.17. The maximum absolute atomic E-state index is 11.6. The van der Waals surface area contributed by atoms with Crippen LogP contribution in [0, 0.1) is 0 Å². The van der Waals surface area contributed by atoms with Crippen LogP contribution in [0.25, 0.3) is 0 Å². The van der Waals surface area contributed by atoms with Crippen molar-refractivity contribution in [2.45, 2.75) is 12.8 Å². The van der Waals surface area contributed by atoms with Gasteiger partial charge in [-0.15, -0.1) is 0 Å². The number of benzene rings is 1. The van der Waals surface area contributed by atoms with Crippen LogP contribution < -0.4 is 9.47 Å². The molecule has 0 unspecified atom stereocenters. The molecule has 1 aromatic carbocycles. The molecule has 0 amide bonds. The molecule has 0 saturated carbocycles. The SMILES string of the molecule is COc1ccc(OCCCN2CCCN(S(C)(=O)=O)CC2)cc1. The van der Waals surface area contributed by atoms with Gasteiger partial charge in [-0.1, -0.05) is 0 Å². The van der Waals surface area contributed by atoms with Crippen molar-refractivity contribution >= 4 is 10.0 Å². The summed E-state index contributed by atoms with van der Waals surface area (Å²) in [6, 6.07) is 7.55. The van der Waals surface area contributed by atoms with Gasteiger partial charge in [0.05, 0.1) is 20.0 Å². The Hall–Kier alpha value is -1.31. The van der Waals surface area contributed by atoms with Gasteiger partial charge in [0.2, 0.25) is 10.0 Å². The Labute approximate surface area is 139 Å². The topological polar surface area (TPSA) is 59.1 Å². The van der Waals surface area contributed by atoms with E-state index in [0.29, 0.717) is 19.7 Å². The lowest BCUT2D eigenvalue weighted by Gasteiger charge is -2.20. The van der Waals surface area contributed by atoms with E-state index in [1.54, 1.807) is 11.4 Å². The van der Waals surface area contributed by atoms with Crippen molar-refractivity contribution < 1.29 is 17.9 Å². The maximum Gasteiger partial charge on any atom is 0.211 e. The first-order chi connectivity index (χ1) is 11.0. The second-order valence-electron chi connectivity index (χ2n) is 5.73. The minimum atomic E-state index is -3.07. The van der Waals surface area contributed by atoms with E-state index in [0.717, 1.165) is 44.0 Å². The van der Waals surface area contributed by atoms with Crippen molar-refractivity contribution in [3.8, 4) is 11.5 Å². The molecule has 0 bridgehead atoms. The largest absolute Gasteiger partial charge is 0.497 e. The predicted octanol–water partition coefficient (Wildman–Crippen LogP) is 1.43. The van der Waals surface area contributed by atoms with E-state index in [1.807, 2.05) is 24.3 Å². The Morgan fingerprint density at radius 3 is 2.39 bits per heavy atom. The van der Waals surface area contributed by atoms with Crippen LogP contribution in [-0.4, -0.2) is 70.3 Å². The molecule has 1 saturated heterocycles. The molecule has 1 aliphatic rings. The Morgan fingerprint density at radius 1 is 1.04 bits per heavy atom. The number of rotatable bonds is 7. The zero-order chi connectivity index (χ0) is 16.7. The summed E-state index contributed by atoms with van der Waals surface area (Å²) < 4.78 is 35.6. The molecular formula is C16H26N2O4S. The van der Waals surface area contributed by atoms with Crippen LogP contribution in [0.3, 0.4) is 0 Å². The standard InChI is InChI=1S/C16H26N2O4S/c1-21-15-5-7-16(8-6-15)22-14-4-10-17-9-3-11-18(13-12-17)23(2,19)20/h5-8H,3-4,9-14H2,1-2H3. The summed E-state index contributed by atoms with van der Waals surface area (Å²) >= 11 is 0. The summed E-state index contributed by atoms with van der Waals surface area (Å²) in [5.74, 6) is 1.65. The number of nitrogens with zero attached hydrogens (tertiary/aromatic N) is 2. The van der Waals surface area contributed by atoms with Crippen molar-refractivity contribution in [2.75, 3.05) is 52.7 Å². The monoisotopic (exact) mass is 342 g/mol. The second-order valence-corrected chi connectivity index (χ2v) is 7.72. The average molecular weight is 342 g/mol. The minimum absolute atomic E-state index is 0.582. The van der Waals surface area contributed by atoms with Crippen LogP contribution in [0.15, 0.2) is 24.3 Å². The van der Waals surface area contributed by atoms with E-state index in [2.05, 4.69) is 4.90 Å². The van der Waals surface area contributed by atoms with Gasteiger partial charge in [0, 0.05) is 26.2 Å². The average Bonchev–Trinajstić information content (AvgIpc) is 2.77. The van der Waals surface area contributed by atoms with E-state index in [-0.39, 0.29) is 0 Å². The number of methoxy groups -OCH3 is 1. The third-order valence-electron chi connectivity index (χ3n) is 3.96. The fraction of sp³-hybridized carbons (Fsp3) is 0.625. The molecule has 0 N–H and O–H groups in total. The van der Waals surface area contributed by atoms with E-state index >= 15 is 0 Å². The molecule has 1 aliphatic heterocycles. The van der Waals surface area contributed by atoms with Crippen LogP contribution >= 0.6 is 0 Å². The number of hydrogen-bond donors (Lipinski definition) is 0. The lowest BCUT2D eigenvalue weighted by Crippen LogP contribution is -2.34. The van der Waals surface area contributed by atoms with Crippen LogP contribution in [-0.2, 0) is 10.0 Å². The second kappa shape index (κ2) is 8.52. The molecular weight excluding hydrogens is 316 g/mol. The maximum atomic E-state index is 11.6. The van der Waals surface area contributed by atoms with Crippen molar-refractivity contribution in [3.05, 3.63) is 24.3 Å². The van der Waals surface area contributed by atoms with Crippen LogP contribution in [0.2, 0.25) is 0 Å². The Bertz CT molecular complexity index is 574. The third-order valence-corrected chi connectivity index (χ3v) is 5.27. The van der Waals surface area contributed by atoms with Gasteiger partial charge in [0.15, 0.2) is 0 Å². The molecule has 7 heteroatoms. The molecule has 6 nitrogen and oxygen atoms in total. The van der Waals surface area contributed by atoms with E-state index in [9.17, 15) is 8.42 Å². The van der Waals surface area contributed by atoms with Gasteiger partial charge in [0.25, 0.3) is 0 Å². The lowest BCUT2D eigenvalue weighted by molar-refractivity contribution is 0.241. The number of sulfonamides is 1. The zero-order valence-corrected chi connectivity index (χ0v) is 14.7. The van der Waals surface area contributed by atoms with Gasteiger partial charge in [-0.25, -0.2) is 12.7 Å². The van der Waals surface area contributed by atoms with Gasteiger partial charge in [-0.05, 0) is 43.7 Å². The molecule has 0 aromatic heterocycles. The smallest absolute Gasteiger partial charge is 0.211 e. The molecule has 1 heterocycles. The summed E-state index contributed by atoms with van der Waals surface area (Å²) in [5.41, 5.74) is 0. The first-order valence-corrected chi connectivity index (χ1v) is 9.78. The highest BCUT2D eigenvalue weighted by Gasteiger charge is 2.20. The van der Waals surface area contributed by atoms with Crippen molar-refractivity contribution in [2.24, 2.45) is 0 Å². The normalized spacial score (nSPS) is 17.7. The first kappa shape index (κ1) is 18.0. The van der Waals surface area contributed by atoms with Gasteiger partial charge < -0.3 is 14.4 Å². The highest BCUT2D eigenvalue weighted by atomic mass is 32.2. The molecule has 2 rings (SSSR count). The summed E-state index contributed by atoms with van der Waals surface area (Å²) in [6.45, 7) is 4.51. The van der Waals surface area contributed by atoms with Crippen molar-refractivity contribution in [1.29, 1.82) is 0 Å². The Kier molecular flexibility index (Phi) is 6.68. The van der Waals surface area contributed by atoms with Crippen molar-refractivity contribution in [1.82, 2.24) is 9.21 Å². The Balaban J connectivity index is 1.68. The Morgan fingerprint density at radius 2 is 1.74 bits per heavy atom. The summed E-state index contributed by atoms with van der Waals surface area (Å²) in [5, 5.41) is 0. The molecule has 23 heavy (non-hydrogen) atoms. The molecule has 130 valence electrons. The molecule has 0 atom stereocenters. The first-order valence-electron chi connectivity index (χ1n) is 7.93. The van der Waals surface area contributed by atoms with Gasteiger partial charge in [-0.3, -0.25) is 0 Å². The molecule has 0 spiro atoms. The van der Waals surface area contributed by atoms with Gasteiger partial charge in [-0.2, -0.15) is 0 Å². The fourth-order valence-corrected chi connectivity index (χ4v) is 3.53. The van der Waals surface area contributed by atoms with E-state index in [4.69, 9.17) is 9.47 Å². The molecule has 0 radical (unpaired) electrons. The summed E-state index contributed by atoms with van der Waals surface area (Å²) in [7, 11) is -1.43. The van der Waals surface area contributed by atoms with Gasteiger partial charge >= 0.3 is 0 Å². The molecule has 1 aromatic rings. The van der Waals surface area contributed by atoms with Crippen molar-refractivity contribution in [3.63, 3.8) is 0 Å². The fourth-order valence-electron chi connectivity index (χ4n) is 2.65. The highest BCUT2D eigenvalue weighted by molar-refractivity contribution is 7.88. The number of ether oxygens (including phenoxy) is 2. The van der Waals surface area contributed by atoms with Crippen LogP contribution in [0.5, 0.6) is 11.5 Å². The zero-order valence-electron chi connectivity index (χ0n) is 13.9. The van der Waals surface area contributed by atoms with Crippen LogP contribution in [0.1, 0.15) is 12.8 Å². The number of hydrogen-bond acceptors (Lipinski definition) is 5. The van der Waals surface area contributed by atoms with Crippen LogP contribution in [0.4, 0.5) is 0 Å². The summed E-state index contributed by atoms with van der Waals surface area (Å²) in [4.78, 5) is 2.31. The van der Waals surface area contributed by atoms with E-state index in [1.165, 1.54) is 6.26 Å². The third kappa shape index (κ3) is 6.01. The predicted molar refractivity (Wildman–Crippen MR) is 90.6 cm³/mol. The quantitative estimate of drug-likeness (QED) is 0.702. The lowest BCUT2D eigenvalue weighted by atomic mass is 10.3. The molecule has 0 aliphatic carbocycles. The van der Waals surface area contributed by atoms with Gasteiger partial charge in [0.1, 0.15) is 11.5 Å². The molecule has 1 fully saturated rings.